The van der Waals surface area contributed by atoms with Crippen LogP contribution in [-0.4, -0.2) is 16.6 Å². The average molecular weight is 407 g/mol. The largest absolute Gasteiger partial charge is 0.286 e. The van der Waals surface area contributed by atoms with Crippen LogP contribution in [-0.2, 0) is 4.79 Å². The third-order valence-corrected chi connectivity index (χ3v) is 7.15. The molecular formula is C21H42OS3. The molecule has 0 spiro atoms. The van der Waals surface area contributed by atoms with Crippen molar-refractivity contribution in [3.63, 3.8) is 0 Å². The molecule has 0 aliphatic carbocycles. The van der Waals surface area contributed by atoms with E-state index in [9.17, 15) is 4.79 Å². The smallest absolute Gasteiger partial charge is 0.200 e. The zero-order valence-electron chi connectivity index (χ0n) is 16.6. The van der Waals surface area contributed by atoms with Gasteiger partial charge in [-0.1, -0.05) is 114 Å². The van der Waals surface area contributed by atoms with Gasteiger partial charge in [-0.25, -0.2) is 0 Å². The van der Waals surface area contributed by atoms with Crippen LogP contribution in [0.3, 0.4) is 0 Å². The highest BCUT2D eigenvalue weighted by atomic mass is 33.1. The second-order valence-corrected chi connectivity index (χ2v) is 9.97. The van der Waals surface area contributed by atoms with Crippen molar-refractivity contribution in [3.8, 4) is 0 Å². The van der Waals surface area contributed by atoms with Gasteiger partial charge >= 0.3 is 0 Å². The van der Waals surface area contributed by atoms with Gasteiger partial charge in [-0.2, -0.15) is 12.6 Å². The lowest BCUT2D eigenvalue weighted by Gasteiger charge is -2.03. The van der Waals surface area contributed by atoms with Gasteiger partial charge in [0.1, 0.15) is 0 Å². The minimum absolute atomic E-state index is 0.275. The summed E-state index contributed by atoms with van der Waals surface area (Å²) in [6.07, 6.45) is 23.2. The first-order chi connectivity index (χ1) is 12.3. The van der Waals surface area contributed by atoms with Crippen LogP contribution in [0.1, 0.15) is 116 Å². The molecule has 0 amide bonds. The quantitative estimate of drug-likeness (QED) is 0.124. The van der Waals surface area contributed by atoms with E-state index in [1.165, 1.54) is 114 Å². The van der Waals surface area contributed by atoms with Crippen LogP contribution < -0.4 is 0 Å². The molecule has 0 atom stereocenters. The fourth-order valence-corrected chi connectivity index (χ4v) is 5.27. The molecule has 0 aromatic heterocycles. The summed E-state index contributed by atoms with van der Waals surface area (Å²) in [4.78, 5) is 11.3. The molecule has 0 saturated carbocycles. The maximum Gasteiger partial charge on any atom is 0.200 e. The Kier molecular flexibility index (Phi) is 23.4. The van der Waals surface area contributed by atoms with Gasteiger partial charge in [-0.05, 0) is 23.0 Å². The highest BCUT2D eigenvalue weighted by Gasteiger charge is 2.01. The molecule has 4 heteroatoms. The first-order valence-electron chi connectivity index (χ1n) is 10.7. The molecule has 0 N–H and O–H groups in total. The second kappa shape index (κ2) is 22.8. The van der Waals surface area contributed by atoms with Gasteiger partial charge in [0.15, 0.2) is 5.12 Å². The van der Waals surface area contributed by atoms with Crippen LogP contribution in [0.4, 0.5) is 0 Å². The summed E-state index contributed by atoms with van der Waals surface area (Å²) in [5.74, 6) is 1.78. The van der Waals surface area contributed by atoms with Gasteiger partial charge in [0.05, 0.1) is 0 Å². The Balaban J connectivity index is 3.02. The predicted molar refractivity (Wildman–Crippen MR) is 123 cm³/mol. The monoisotopic (exact) mass is 406 g/mol. The highest BCUT2D eigenvalue weighted by molar-refractivity contribution is 8.82. The maximum atomic E-state index is 11.3. The Morgan fingerprint density at radius 1 is 0.680 bits per heavy atom. The van der Waals surface area contributed by atoms with Gasteiger partial charge in [-0.15, -0.1) is 0 Å². The number of hydrogen-bond acceptors (Lipinski definition) is 4. The van der Waals surface area contributed by atoms with E-state index in [0.29, 0.717) is 12.2 Å². The molecule has 0 aliphatic rings. The molecule has 0 heterocycles. The Morgan fingerprint density at radius 2 is 1.08 bits per heavy atom. The summed E-state index contributed by atoms with van der Waals surface area (Å²) in [7, 11) is 3.14. The van der Waals surface area contributed by atoms with E-state index in [4.69, 9.17) is 0 Å². The summed E-state index contributed by atoms with van der Waals surface area (Å²) >= 11 is 4.08. The number of carbonyl (C=O) groups is 1. The molecule has 0 fully saturated rings. The molecule has 0 radical (unpaired) electrons. The summed E-state index contributed by atoms with van der Waals surface area (Å²) in [5.41, 5.74) is 0. The van der Waals surface area contributed by atoms with Crippen molar-refractivity contribution in [1.29, 1.82) is 0 Å². The van der Waals surface area contributed by atoms with Gasteiger partial charge < -0.3 is 0 Å². The molecule has 0 aromatic carbocycles. The van der Waals surface area contributed by atoms with E-state index in [-0.39, 0.29) is 5.12 Å². The van der Waals surface area contributed by atoms with E-state index in [1.807, 2.05) is 0 Å². The van der Waals surface area contributed by atoms with Crippen LogP contribution in [0, 0.1) is 0 Å². The molecule has 0 unspecified atom stereocenters. The van der Waals surface area contributed by atoms with E-state index in [2.05, 4.69) is 19.6 Å². The van der Waals surface area contributed by atoms with Crippen molar-refractivity contribution < 1.29 is 4.79 Å². The van der Waals surface area contributed by atoms with Crippen LogP contribution in [0.25, 0.3) is 0 Å². The summed E-state index contributed by atoms with van der Waals surface area (Å²) in [6.45, 7) is 2.29. The van der Waals surface area contributed by atoms with Crippen molar-refractivity contribution in [2.24, 2.45) is 0 Å². The number of carbonyl (C=O) groups excluding carboxylic acids is 1. The lowest BCUT2D eigenvalue weighted by molar-refractivity contribution is -0.110. The summed E-state index contributed by atoms with van der Waals surface area (Å²) in [5, 5.41) is 0.275. The fraction of sp³-hybridized carbons (Fsp3) is 0.952. The Labute approximate surface area is 171 Å². The summed E-state index contributed by atoms with van der Waals surface area (Å²) in [6, 6.07) is 0. The van der Waals surface area contributed by atoms with Crippen LogP contribution in [0.2, 0.25) is 0 Å². The molecule has 0 aliphatic heterocycles. The zero-order chi connectivity index (χ0) is 18.4. The van der Waals surface area contributed by atoms with E-state index < -0.39 is 0 Å². The third-order valence-electron chi connectivity index (χ3n) is 4.55. The maximum absolute atomic E-state index is 11.3. The van der Waals surface area contributed by atoms with E-state index >= 15 is 0 Å². The van der Waals surface area contributed by atoms with Crippen molar-refractivity contribution in [3.05, 3.63) is 0 Å². The molecular weight excluding hydrogens is 364 g/mol. The molecule has 0 aromatic rings. The molecule has 0 rings (SSSR count). The molecule has 0 bridgehead atoms. The van der Waals surface area contributed by atoms with E-state index in [0.717, 1.165) is 5.75 Å². The van der Waals surface area contributed by atoms with Crippen LogP contribution >= 0.6 is 34.2 Å². The van der Waals surface area contributed by atoms with E-state index in [1.54, 1.807) is 10.8 Å². The number of hydrogen-bond donors (Lipinski definition) is 1. The van der Waals surface area contributed by atoms with Crippen LogP contribution in [0.5, 0.6) is 0 Å². The highest BCUT2D eigenvalue weighted by Crippen LogP contribution is 2.25. The SMILES string of the molecule is CCCCCCCCCCCCCCCCCCSSC(=O)CCS. The minimum atomic E-state index is 0.275. The lowest BCUT2D eigenvalue weighted by atomic mass is 10.0. The standard InChI is InChI=1S/C21H42OS3/c1-2-3-4-5-6-7-8-9-10-11-12-13-14-15-16-17-20-24-25-21(22)18-19-23/h23H,2-20H2,1H3. The fourth-order valence-electron chi connectivity index (χ4n) is 2.95. The number of thiol groups is 1. The minimum Gasteiger partial charge on any atom is -0.286 e. The Hall–Kier alpha value is 0.720. The van der Waals surface area contributed by atoms with Crippen molar-refractivity contribution in [2.75, 3.05) is 11.5 Å². The summed E-state index contributed by atoms with van der Waals surface area (Å²) < 4.78 is 0. The topological polar surface area (TPSA) is 17.1 Å². The number of unbranched alkanes of at least 4 members (excludes halogenated alkanes) is 15. The lowest BCUT2D eigenvalue weighted by Crippen LogP contribution is -1.90. The molecule has 25 heavy (non-hydrogen) atoms. The van der Waals surface area contributed by atoms with Crippen molar-refractivity contribution in [1.82, 2.24) is 0 Å². The van der Waals surface area contributed by atoms with Crippen molar-refractivity contribution >= 4 is 39.3 Å². The molecule has 150 valence electrons. The molecule has 0 saturated heterocycles. The Bertz CT molecular complexity index is 272. The predicted octanol–water partition coefficient (Wildman–Crippen LogP) is 8.48. The second-order valence-electron chi connectivity index (χ2n) is 7.05. The first-order valence-corrected chi connectivity index (χ1v) is 13.7. The van der Waals surface area contributed by atoms with Gasteiger partial charge in [0.25, 0.3) is 0 Å². The van der Waals surface area contributed by atoms with Crippen LogP contribution in [0.15, 0.2) is 0 Å². The van der Waals surface area contributed by atoms with Gasteiger partial charge in [0, 0.05) is 12.2 Å². The Morgan fingerprint density at radius 3 is 1.48 bits per heavy atom. The average Bonchev–Trinajstić information content (AvgIpc) is 2.61. The third kappa shape index (κ3) is 22.7. The van der Waals surface area contributed by atoms with Gasteiger partial charge in [-0.3, -0.25) is 4.79 Å². The van der Waals surface area contributed by atoms with Gasteiger partial charge in [0.2, 0.25) is 0 Å². The molecule has 1 nitrogen and oxygen atoms in total. The normalized spacial score (nSPS) is 11.1. The first kappa shape index (κ1) is 25.7. The zero-order valence-corrected chi connectivity index (χ0v) is 19.1. The number of rotatable bonds is 20. The van der Waals surface area contributed by atoms with Crippen molar-refractivity contribution in [2.45, 2.75) is 116 Å².